The Kier molecular flexibility index (Phi) is 7.94. The van der Waals surface area contributed by atoms with Gasteiger partial charge in [0, 0.05) is 25.4 Å². The van der Waals surface area contributed by atoms with E-state index >= 15 is 0 Å². The van der Waals surface area contributed by atoms with Gasteiger partial charge in [0.1, 0.15) is 6.54 Å². The fourth-order valence-electron chi connectivity index (χ4n) is 2.13. The molecule has 0 fully saturated rings. The van der Waals surface area contributed by atoms with Crippen molar-refractivity contribution in [3.8, 4) is 0 Å². The summed E-state index contributed by atoms with van der Waals surface area (Å²) in [4.78, 5) is 36.1. The molecule has 130 valence electrons. The molecule has 1 heterocycles. The monoisotopic (exact) mass is 352 g/mol. The zero-order valence-electron chi connectivity index (χ0n) is 13.4. The lowest BCUT2D eigenvalue weighted by molar-refractivity contribution is -0.121. The van der Waals surface area contributed by atoms with Crippen molar-refractivity contribution in [2.45, 2.75) is 13.1 Å². The molecule has 0 radical (unpaired) electrons. The molecular weight excluding hydrogens is 332 g/mol. The highest BCUT2D eigenvalue weighted by Gasteiger charge is 2.09. The average molecular weight is 353 g/mol. The van der Waals surface area contributed by atoms with Crippen LogP contribution in [0.3, 0.4) is 0 Å². The molecule has 0 aliphatic heterocycles. The summed E-state index contributed by atoms with van der Waals surface area (Å²) in [7, 11) is 1.77. The molecule has 24 heavy (non-hydrogen) atoms. The quantitative estimate of drug-likeness (QED) is 0.677. The number of amides is 1. The second-order valence-corrected chi connectivity index (χ2v) is 5.09. The molecule has 0 saturated heterocycles. The van der Waals surface area contributed by atoms with E-state index in [2.05, 4.69) is 10.6 Å². The maximum absolute atomic E-state index is 12.4. The van der Waals surface area contributed by atoms with Crippen molar-refractivity contribution in [3.63, 3.8) is 0 Å². The second kappa shape index (κ2) is 9.69. The number of likely N-dealkylation sites (N-methyl/N-ethyl adjacent to an activating group) is 1. The lowest BCUT2D eigenvalue weighted by Crippen LogP contribution is -2.43. The Hall–Kier alpha value is -2.38. The molecular formula is C16H21ClN4O3. The zero-order valence-corrected chi connectivity index (χ0v) is 14.2. The summed E-state index contributed by atoms with van der Waals surface area (Å²) in [5.41, 5.74) is -0.0357. The molecule has 1 aromatic heterocycles. The van der Waals surface area contributed by atoms with E-state index in [0.717, 1.165) is 10.1 Å². The average Bonchev–Trinajstić information content (AvgIpc) is 2.55. The first-order valence-electron chi connectivity index (χ1n) is 7.37. The number of rotatable bonds is 7. The van der Waals surface area contributed by atoms with Gasteiger partial charge in [0.05, 0.1) is 6.54 Å². The standard InChI is InChI=1S/C16H20N4O3.ClH/c1-17-8-9-18-14(21)12-20-15(22)7-10-19(16(20)23)11-13-5-3-2-4-6-13;/h2-7,10,17H,8-9,11-12H2,1H3,(H,18,21);1H. The Labute approximate surface area is 145 Å². The number of nitrogens with zero attached hydrogens (tertiary/aromatic N) is 2. The normalized spacial score (nSPS) is 10.0. The van der Waals surface area contributed by atoms with E-state index in [9.17, 15) is 14.4 Å². The number of halogens is 1. The third kappa shape index (κ3) is 5.36. The topological polar surface area (TPSA) is 85.1 Å². The molecule has 0 atom stereocenters. The Morgan fingerprint density at radius 2 is 1.79 bits per heavy atom. The van der Waals surface area contributed by atoms with Crippen LogP contribution in [-0.2, 0) is 17.9 Å². The van der Waals surface area contributed by atoms with Crippen molar-refractivity contribution in [3.05, 3.63) is 69.0 Å². The van der Waals surface area contributed by atoms with Crippen LogP contribution in [0.15, 0.2) is 52.2 Å². The lowest BCUT2D eigenvalue weighted by Gasteiger charge is -2.10. The van der Waals surface area contributed by atoms with E-state index in [1.54, 1.807) is 7.05 Å². The Morgan fingerprint density at radius 1 is 1.08 bits per heavy atom. The van der Waals surface area contributed by atoms with Crippen LogP contribution in [0, 0.1) is 0 Å². The molecule has 1 aromatic carbocycles. The van der Waals surface area contributed by atoms with Crippen LogP contribution >= 0.6 is 12.4 Å². The van der Waals surface area contributed by atoms with Gasteiger partial charge in [0.2, 0.25) is 5.91 Å². The first-order valence-corrected chi connectivity index (χ1v) is 7.37. The van der Waals surface area contributed by atoms with E-state index in [1.807, 2.05) is 30.3 Å². The highest BCUT2D eigenvalue weighted by molar-refractivity contribution is 5.85. The minimum Gasteiger partial charge on any atom is -0.353 e. The SMILES string of the molecule is CNCCNC(=O)Cn1c(=O)ccn(Cc2ccccc2)c1=O.Cl. The van der Waals surface area contributed by atoms with E-state index in [-0.39, 0.29) is 24.9 Å². The zero-order chi connectivity index (χ0) is 16.7. The number of hydrogen-bond acceptors (Lipinski definition) is 4. The van der Waals surface area contributed by atoms with Gasteiger partial charge in [-0.05, 0) is 12.6 Å². The molecule has 8 heteroatoms. The van der Waals surface area contributed by atoms with Gasteiger partial charge < -0.3 is 10.6 Å². The third-order valence-corrected chi connectivity index (χ3v) is 3.33. The first kappa shape index (κ1) is 19.7. The first-order chi connectivity index (χ1) is 11.1. The van der Waals surface area contributed by atoms with Crippen LogP contribution in [0.1, 0.15) is 5.56 Å². The van der Waals surface area contributed by atoms with E-state index in [0.29, 0.717) is 19.6 Å². The van der Waals surface area contributed by atoms with Gasteiger partial charge >= 0.3 is 5.69 Å². The summed E-state index contributed by atoms with van der Waals surface area (Å²) in [5.74, 6) is -0.364. The molecule has 0 spiro atoms. The summed E-state index contributed by atoms with van der Waals surface area (Å²) in [6.45, 7) is 1.13. The number of hydrogen-bond donors (Lipinski definition) is 2. The van der Waals surface area contributed by atoms with E-state index < -0.39 is 11.2 Å². The van der Waals surface area contributed by atoms with Crippen molar-refractivity contribution in [1.82, 2.24) is 19.8 Å². The van der Waals surface area contributed by atoms with Crippen LogP contribution in [0.25, 0.3) is 0 Å². The Morgan fingerprint density at radius 3 is 2.46 bits per heavy atom. The molecule has 2 rings (SSSR count). The third-order valence-electron chi connectivity index (χ3n) is 3.33. The molecule has 0 unspecified atom stereocenters. The maximum atomic E-state index is 12.4. The van der Waals surface area contributed by atoms with Gasteiger partial charge in [-0.15, -0.1) is 12.4 Å². The molecule has 0 aliphatic rings. The molecule has 2 N–H and O–H groups in total. The van der Waals surface area contributed by atoms with Crippen molar-refractivity contribution >= 4 is 18.3 Å². The van der Waals surface area contributed by atoms with Gasteiger partial charge in [0.25, 0.3) is 5.56 Å². The Balaban J connectivity index is 0.00000288. The fourth-order valence-corrected chi connectivity index (χ4v) is 2.13. The largest absolute Gasteiger partial charge is 0.353 e. The van der Waals surface area contributed by atoms with Gasteiger partial charge in [0.15, 0.2) is 0 Å². The van der Waals surface area contributed by atoms with Gasteiger partial charge in [-0.1, -0.05) is 30.3 Å². The van der Waals surface area contributed by atoms with Crippen LogP contribution in [0.4, 0.5) is 0 Å². The minimum atomic E-state index is -0.495. The smallest absolute Gasteiger partial charge is 0.331 e. The molecule has 0 bridgehead atoms. The molecule has 2 aromatic rings. The van der Waals surface area contributed by atoms with Gasteiger partial charge in [-0.25, -0.2) is 4.79 Å². The number of nitrogens with one attached hydrogen (secondary N) is 2. The summed E-state index contributed by atoms with van der Waals surface area (Å²) < 4.78 is 2.36. The predicted molar refractivity (Wildman–Crippen MR) is 94.7 cm³/mol. The predicted octanol–water partition coefficient (Wildman–Crippen LogP) is -0.184. The number of aromatic nitrogens is 2. The van der Waals surface area contributed by atoms with Crippen molar-refractivity contribution in [1.29, 1.82) is 0 Å². The molecule has 7 nitrogen and oxygen atoms in total. The lowest BCUT2D eigenvalue weighted by atomic mass is 10.2. The van der Waals surface area contributed by atoms with Crippen LogP contribution in [-0.4, -0.2) is 35.2 Å². The molecule has 0 saturated carbocycles. The summed E-state index contributed by atoms with van der Waals surface area (Å²) in [6.07, 6.45) is 1.45. The van der Waals surface area contributed by atoms with Crippen molar-refractivity contribution < 1.29 is 4.79 Å². The van der Waals surface area contributed by atoms with Gasteiger partial charge in [-0.2, -0.15) is 0 Å². The van der Waals surface area contributed by atoms with Crippen LogP contribution < -0.4 is 21.9 Å². The Bertz CT molecular complexity index is 771. The highest BCUT2D eigenvalue weighted by atomic mass is 35.5. The van der Waals surface area contributed by atoms with E-state index in [1.165, 1.54) is 16.8 Å². The highest BCUT2D eigenvalue weighted by Crippen LogP contribution is 1.99. The number of carbonyl (C=O) groups excluding carboxylic acids is 1. The second-order valence-electron chi connectivity index (χ2n) is 5.09. The number of carbonyl (C=O) groups is 1. The molecule has 1 amide bonds. The summed E-state index contributed by atoms with van der Waals surface area (Å²) in [6, 6.07) is 10.7. The summed E-state index contributed by atoms with van der Waals surface area (Å²) >= 11 is 0. The summed E-state index contributed by atoms with van der Waals surface area (Å²) in [5, 5.41) is 5.54. The molecule has 0 aliphatic carbocycles. The minimum absolute atomic E-state index is 0. The van der Waals surface area contributed by atoms with Crippen molar-refractivity contribution in [2.24, 2.45) is 0 Å². The maximum Gasteiger partial charge on any atom is 0.331 e. The van der Waals surface area contributed by atoms with Crippen LogP contribution in [0.2, 0.25) is 0 Å². The van der Waals surface area contributed by atoms with Crippen LogP contribution in [0.5, 0.6) is 0 Å². The van der Waals surface area contributed by atoms with E-state index in [4.69, 9.17) is 0 Å². The van der Waals surface area contributed by atoms with Gasteiger partial charge in [-0.3, -0.25) is 18.7 Å². The fraction of sp³-hybridized carbons (Fsp3) is 0.312. The van der Waals surface area contributed by atoms with Crippen molar-refractivity contribution in [2.75, 3.05) is 20.1 Å². The number of benzene rings is 1.